The zero-order chi connectivity index (χ0) is 7.07. The first-order valence-corrected chi connectivity index (χ1v) is 3.26. The van der Waals surface area contributed by atoms with Crippen molar-refractivity contribution in [3.05, 3.63) is 0 Å². The largest absolute Gasteiger partial charge is 1.00 e. The molecular weight excluding hydrogens is 174 g/mol. The first-order chi connectivity index (χ1) is 4.01. The van der Waals surface area contributed by atoms with Gasteiger partial charge in [0.1, 0.15) is 0 Å². The molecule has 0 atom stereocenters. The number of carbonyl (C=O) groups excluding carboxylic acids is 2. The molecule has 0 radical (unpaired) electrons. The minimum atomic E-state index is -4.60. The van der Waals surface area contributed by atoms with E-state index in [4.69, 9.17) is 0 Å². The summed E-state index contributed by atoms with van der Waals surface area (Å²) in [5.41, 5.74) is 0. The predicted octanol–water partition coefficient (Wildman–Crippen LogP) is -4.44. The van der Waals surface area contributed by atoms with Gasteiger partial charge in [-0.2, -0.15) is 0 Å². The van der Waals surface area contributed by atoms with Crippen molar-refractivity contribution in [2.75, 3.05) is 0 Å². The summed E-state index contributed by atoms with van der Waals surface area (Å²) in [6.45, 7) is 0. The average Bonchev–Trinajstić information content (AvgIpc) is 1.79. The van der Waals surface area contributed by atoms with E-state index < -0.39 is 19.8 Å². The molecule has 1 heterocycles. The number of hydrogen-bond donors (Lipinski definition) is 0. The fourth-order valence-electron chi connectivity index (χ4n) is 0.296. The Morgan fingerprint density at radius 1 is 1.20 bits per heavy atom. The van der Waals surface area contributed by atoms with Gasteiger partial charge in [0, 0.05) is 0 Å². The van der Waals surface area contributed by atoms with Crippen LogP contribution < -0.4 is 34.5 Å². The van der Waals surface area contributed by atoms with E-state index in [-0.39, 0.29) is 29.6 Å². The van der Waals surface area contributed by atoms with E-state index in [1.807, 2.05) is 0 Å². The fraction of sp³-hybridized carbons (Fsp3) is 0. The Morgan fingerprint density at radius 2 is 1.50 bits per heavy atom. The molecule has 0 N–H and O–H groups in total. The minimum Gasteiger partial charge on any atom is -0.736 e. The Bertz CT molecular complexity index is 202. The Morgan fingerprint density at radius 3 is 1.60 bits per heavy atom. The van der Waals surface area contributed by atoms with Gasteiger partial charge in [-0.15, -0.1) is 0 Å². The summed E-state index contributed by atoms with van der Waals surface area (Å²) < 4.78 is 16.9. The van der Waals surface area contributed by atoms with Crippen molar-refractivity contribution < 1.29 is 57.7 Å². The molecule has 50 valence electrons. The fourth-order valence-corrected chi connectivity index (χ4v) is 0.889. The summed E-state index contributed by atoms with van der Waals surface area (Å²) in [6, 6.07) is 0. The van der Waals surface area contributed by atoms with Gasteiger partial charge < -0.3 is 13.9 Å². The van der Waals surface area contributed by atoms with Crippen LogP contribution in [-0.4, -0.2) is 11.9 Å². The van der Waals surface area contributed by atoms with E-state index in [1.165, 1.54) is 0 Å². The zero-order valence-electron chi connectivity index (χ0n) is 4.90. The first-order valence-electron chi connectivity index (χ1n) is 1.80. The van der Waals surface area contributed by atoms with Crippen molar-refractivity contribution in [3.63, 3.8) is 0 Å². The van der Waals surface area contributed by atoms with Gasteiger partial charge in [-0.3, -0.25) is 0 Å². The van der Waals surface area contributed by atoms with E-state index in [0.717, 1.165) is 0 Å². The SMILES string of the molecule is O=C1OP(=O)([O-])OC1=O.[Na+]. The second-order valence-electron chi connectivity index (χ2n) is 1.20. The molecule has 10 heavy (non-hydrogen) atoms. The summed E-state index contributed by atoms with van der Waals surface area (Å²) >= 11 is 0. The molecule has 0 aromatic heterocycles. The maximum atomic E-state index is 9.99. The van der Waals surface area contributed by atoms with Gasteiger partial charge in [0.25, 0.3) is 0 Å². The third kappa shape index (κ3) is 2.07. The third-order valence-corrected chi connectivity index (χ3v) is 1.33. The molecule has 1 aliphatic rings. The van der Waals surface area contributed by atoms with E-state index in [0.29, 0.717) is 0 Å². The van der Waals surface area contributed by atoms with Gasteiger partial charge in [-0.05, 0) is 0 Å². The van der Waals surface area contributed by atoms with Crippen LogP contribution in [0.15, 0.2) is 0 Å². The second-order valence-corrected chi connectivity index (χ2v) is 2.46. The van der Waals surface area contributed by atoms with Crippen LogP contribution in [0, 0.1) is 0 Å². The Kier molecular flexibility index (Phi) is 3.06. The van der Waals surface area contributed by atoms with Crippen LogP contribution in [-0.2, 0) is 23.2 Å². The molecule has 0 spiro atoms. The predicted molar refractivity (Wildman–Crippen MR) is 19.8 cm³/mol. The molecular formula is C2NaO6P. The molecule has 1 saturated heterocycles. The van der Waals surface area contributed by atoms with Crippen LogP contribution in [0.3, 0.4) is 0 Å². The van der Waals surface area contributed by atoms with Crippen molar-refractivity contribution >= 4 is 19.8 Å². The van der Waals surface area contributed by atoms with Crippen molar-refractivity contribution in [3.8, 4) is 0 Å². The van der Waals surface area contributed by atoms with Gasteiger partial charge in [0.05, 0.1) is 0 Å². The topological polar surface area (TPSA) is 92.7 Å². The summed E-state index contributed by atoms with van der Waals surface area (Å²) in [5, 5.41) is 0. The molecule has 1 fully saturated rings. The maximum Gasteiger partial charge on any atom is 1.00 e. The van der Waals surface area contributed by atoms with Crippen molar-refractivity contribution in [1.82, 2.24) is 0 Å². The van der Waals surface area contributed by atoms with Crippen molar-refractivity contribution in [2.24, 2.45) is 0 Å². The third-order valence-electron chi connectivity index (χ3n) is 0.556. The maximum absolute atomic E-state index is 9.99. The molecule has 6 nitrogen and oxygen atoms in total. The Balaban J connectivity index is 0.000000810. The summed E-state index contributed by atoms with van der Waals surface area (Å²) in [4.78, 5) is 29.8. The number of carbonyl (C=O) groups is 2. The minimum absolute atomic E-state index is 0. The molecule has 1 aliphatic heterocycles. The van der Waals surface area contributed by atoms with Crippen LogP contribution in [0.2, 0.25) is 0 Å². The van der Waals surface area contributed by atoms with Gasteiger partial charge >= 0.3 is 49.3 Å². The molecule has 8 heteroatoms. The van der Waals surface area contributed by atoms with Gasteiger partial charge in [-0.25, -0.2) is 14.2 Å². The van der Waals surface area contributed by atoms with Crippen molar-refractivity contribution in [2.45, 2.75) is 0 Å². The van der Waals surface area contributed by atoms with E-state index >= 15 is 0 Å². The van der Waals surface area contributed by atoms with Crippen LogP contribution in [0.4, 0.5) is 0 Å². The molecule has 0 aliphatic carbocycles. The summed E-state index contributed by atoms with van der Waals surface area (Å²) in [6.07, 6.45) is 0. The smallest absolute Gasteiger partial charge is 0.736 e. The summed E-state index contributed by atoms with van der Waals surface area (Å²) in [7, 11) is -4.60. The Labute approximate surface area is 77.4 Å². The van der Waals surface area contributed by atoms with Gasteiger partial charge in [0.2, 0.25) is 0 Å². The molecule has 0 unspecified atom stereocenters. The number of rotatable bonds is 0. The van der Waals surface area contributed by atoms with Gasteiger partial charge in [0.15, 0.2) is 0 Å². The number of hydrogen-bond acceptors (Lipinski definition) is 6. The molecule has 0 bridgehead atoms. The van der Waals surface area contributed by atoms with Crippen molar-refractivity contribution in [1.29, 1.82) is 0 Å². The number of phosphoric ester groups is 1. The molecule has 0 amide bonds. The standard InChI is InChI=1S/C2HO6P.Na/c3-1-2(4)8-9(5,6)7-1;/h(H,5,6);/q;+1/p-1. The molecule has 0 aromatic carbocycles. The van der Waals surface area contributed by atoms with Crippen LogP contribution in [0.5, 0.6) is 0 Å². The average molecular weight is 174 g/mol. The first kappa shape index (κ1) is 10.1. The molecule has 0 aromatic rings. The molecule has 1 rings (SSSR count). The van der Waals surface area contributed by atoms with E-state index in [9.17, 15) is 19.0 Å². The monoisotopic (exact) mass is 174 g/mol. The second kappa shape index (κ2) is 3.02. The van der Waals surface area contributed by atoms with E-state index in [2.05, 4.69) is 9.05 Å². The quantitative estimate of drug-likeness (QED) is 0.209. The summed E-state index contributed by atoms with van der Waals surface area (Å²) in [5.74, 6) is -2.98. The van der Waals surface area contributed by atoms with Crippen LogP contribution in [0.1, 0.15) is 0 Å². The zero-order valence-corrected chi connectivity index (χ0v) is 7.79. The van der Waals surface area contributed by atoms with Crippen LogP contribution >= 0.6 is 7.82 Å². The normalized spacial score (nSPS) is 20.9. The molecule has 0 saturated carbocycles. The van der Waals surface area contributed by atoms with E-state index in [1.54, 1.807) is 0 Å². The van der Waals surface area contributed by atoms with Crippen LogP contribution in [0.25, 0.3) is 0 Å². The van der Waals surface area contributed by atoms with Gasteiger partial charge in [-0.1, -0.05) is 0 Å². The Hall–Kier alpha value is 0.130. The number of phosphoric acid groups is 1.